The van der Waals surface area contributed by atoms with Crippen LogP contribution in [0.2, 0.25) is 0 Å². The van der Waals surface area contributed by atoms with Gasteiger partial charge >= 0.3 is 0 Å². The number of hydrogen-bond donors (Lipinski definition) is 1. The zero-order valence-corrected chi connectivity index (χ0v) is 11.2. The van der Waals surface area contributed by atoms with Crippen LogP contribution in [-0.2, 0) is 14.6 Å². The number of sulfone groups is 1. The first-order valence-corrected chi connectivity index (χ1v) is 7.69. The number of nitrogens with one attached hydrogen (secondary N) is 1. The smallest absolute Gasteiger partial charge is 0.154 e. The van der Waals surface area contributed by atoms with Gasteiger partial charge in [0.05, 0.1) is 23.7 Å². The number of ether oxygens (including phenoxy) is 1. The predicted molar refractivity (Wildman–Crippen MR) is 65.3 cm³/mol. The van der Waals surface area contributed by atoms with Gasteiger partial charge in [0.15, 0.2) is 9.84 Å². The Morgan fingerprint density at radius 1 is 1.44 bits per heavy atom. The van der Waals surface area contributed by atoms with E-state index in [0.717, 1.165) is 19.5 Å². The molecular formula is C11H23NO3S. The lowest BCUT2D eigenvalue weighted by atomic mass is 9.97. The lowest BCUT2D eigenvalue weighted by Gasteiger charge is -2.29. The Labute approximate surface area is 98.7 Å². The van der Waals surface area contributed by atoms with Crippen LogP contribution in [0.1, 0.15) is 27.2 Å². The van der Waals surface area contributed by atoms with E-state index < -0.39 is 9.84 Å². The zero-order chi connectivity index (χ0) is 12.2. The van der Waals surface area contributed by atoms with Crippen LogP contribution in [0, 0.1) is 5.92 Å². The average molecular weight is 249 g/mol. The largest absolute Gasteiger partial charge is 0.376 e. The Hall–Kier alpha value is -0.130. The first-order chi connectivity index (χ1) is 7.43. The van der Waals surface area contributed by atoms with E-state index in [4.69, 9.17) is 4.74 Å². The molecule has 0 bridgehead atoms. The Morgan fingerprint density at radius 3 is 2.69 bits per heavy atom. The standard InChI is InChI=1S/C11H23NO3S/c1-9(2)16(13,14)7-6-15-11-8-12-5-4-10(11)3/h9-12H,4-8H2,1-3H3. The van der Waals surface area contributed by atoms with Gasteiger partial charge < -0.3 is 10.1 Å². The summed E-state index contributed by atoms with van der Waals surface area (Å²) in [5.74, 6) is 0.649. The van der Waals surface area contributed by atoms with E-state index >= 15 is 0 Å². The highest BCUT2D eigenvalue weighted by Crippen LogP contribution is 2.14. The average Bonchev–Trinajstić information content (AvgIpc) is 2.20. The highest BCUT2D eigenvalue weighted by molar-refractivity contribution is 7.91. The summed E-state index contributed by atoms with van der Waals surface area (Å²) in [7, 11) is -2.96. The van der Waals surface area contributed by atoms with Crippen molar-refractivity contribution in [2.75, 3.05) is 25.4 Å². The van der Waals surface area contributed by atoms with E-state index in [2.05, 4.69) is 12.2 Å². The van der Waals surface area contributed by atoms with Crippen molar-refractivity contribution < 1.29 is 13.2 Å². The summed E-state index contributed by atoms with van der Waals surface area (Å²) in [5, 5.41) is 2.95. The summed E-state index contributed by atoms with van der Waals surface area (Å²) in [5.41, 5.74) is 0. The lowest BCUT2D eigenvalue weighted by Crippen LogP contribution is -2.41. The van der Waals surface area contributed by atoms with Crippen LogP contribution < -0.4 is 5.32 Å². The van der Waals surface area contributed by atoms with Crippen LogP contribution >= 0.6 is 0 Å². The molecule has 1 rings (SSSR count). The van der Waals surface area contributed by atoms with Crippen molar-refractivity contribution in [1.82, 2.24) is 5.32 Å². The SMILES string of the molecule is CC1CCNCC1OCCS(=O)(=O)C(C)C. The monoisotopic (exact) mass is 249 g/mol. The summed E-state index contributed by atoms with van der Waals surface area (Å²) >= 11 is 0. The quantitative estimate of drug-likeness (QED) is 0.784. The fraction of sp³-hybridized carbons (Fsp3) is 1.00. The number of hydrogen-bond acceptors (Lipinski definition) is 4. The van der Waals surface area contributed by atoms with Gasteiger partial charge in [-0.3, -0.25) is 0 Å². The van der Waals surface area contributed by atoms with Crippen LogP contribution in [0.5, 0.6) is 0 Å². The maximum absolute atomic E-state index is 11.6. The van der Waals surface area contributed by atoms with Crippen molar-refractivity contribution in [1.29, 1.82) is 0 Å². The third-order valence-electron chi connectivity index (χ3n) is 3.17. The van der Waals surface area contributed by atoms with Crippen LogP contribution in [0.4, 0.5) is 0 Å². The first kappa shape index (κ1) is 13.9. The van der Waals surface area contributed by atoms with E-state index in [1.54, 1.807) is 13.8 Å². The topological polar surface area (TPSA) is 55.4 Å². The third kappa shape index (κ3) is 4.03. The van der Waals surface area contributed by atoms with E-state index in [1.165, 1.54) is 0 Å². The Morgan fingerprint density at radius 2 is 2.12 bits per heavy atom. The number of piperidine rings is 1. The highest BCUT2D eigenvalue weighted by atomic mass is 32.2. The fourth-order valence-electron chi connectivity index (χ4n) is 1.74. The van der Waals surface area contributed by atoms with Crippen LogP contribution in [-0.4, -0.2) is 45.2 Å². The summed E-state index contributed by atoms with van der Waals surface area (Å²) in [4.78, 5) is 0. The minimum Gasteiger partial charge on any atom is -0.376 e. The first-order valence-electron chi connectivity index (χ1n) is 5.97. The number of rotatable bonds is 5. The van der Waals surface area contributed by atoms with Crippen molar-refractivity contribution in [2.24, 2.45) is 5.92 Å². The molecule has 0 aromatic heterocycles. The van der Waals surface area contributed by atoms with Crippen LogP contribution in [0.25, 0.3) is 0 Å². The molecule has 16 heavy (non-hydrogen) atoms. The van der Waals surface area contributed by atoms with Gasteiger partial charge in [0.2, 0.25) is 0 Å². The van der Waals surface area contributed by atoms with E-state index in [1.807, 2.05) is 0 Å². The van der Waals surface area contributed by atoms with Crippen molar-refractivity contribution in [3.8, 4) is 0 Å². The maximum Gasteiger partial charge on any atom is 0.154 e. The second-order valence-electron chi connectivity index (χ2n) is 4.80. The molecule has 0 spiro atoms. The maximum atomic E-state index is 11.6. The molecule has 0 radical (unpaired) electrons. The summed E-state index contributed by atoms with van der Waals surface area (Å²) in [6.07, 6.45) is 1.26. The van der Waals surface area contributed by atoms with Gasteiger partial charge in [0.1, 0.15) is 0 Å². The summed E-state index contributed by atoms with van der Waals surface area (Å²) in [6, 6.07) is 0. The molecule has 2 atom stereocenters. The molecule has 0 aliphatic carbocycles. The summed E-state index contributed by atoms with van der Waals surface area (Å²) in [6.45, 7) is 7.76. The summed E-state index contributed by atoms with van der Waals surface area (Å²) < 4.78 is 28.8. The van der Waals surface area contributed by atoms with Crippen LogP contribution in [0.15, 0.2) is 0 Å². The third-order valence-corrected chi connectivity index (χ3v) is 5.35. The molecule has 1 heterocycles. The predicted octanol–water partition coefficient (Wildman–Crippen LogP) is 0.824. The van der Waals surface area contributed by atoms with Gasteiger partial charge in [-0.15, -0.1) is 0 Å². The molecule has 1 aliphatic heterocycles. The molecule has 0 amide bonds. The van der Waals surface area contributed by atoms with Gasteiger partial charge in [0.25, 0.3) is 0 Å². The molecule has 2 unspecified atom stereocenters. The van der Waals surface area contributed by atoms with E-state index in [0.29, 0.717) is 12.5 Å². The van der Waals surface area contributed by atoms with E-state index in [9.17, 15) is 8.42 Å². The van der Waals surface area contributed by atoms with Crippen molar-refractivity contribution in [2.45, 2.75) is 38.5 Å². The second-order valence-corrected chi connectivity index (χ2v) is 7.47. The van der Waals surface area contributed by atoms with Gasteiger partial charge in [-0.2, -0.15) is 0 Å². The molecular weight excluding hydrogens is 226 g/mol. The zero-order valence-electron chi connectivity index (χ0n) is 10.4. The highest BCUT2D eigenvalue weighted by Gasteiger charge is 2.23. The minimum absolute atomic E-state index is 0.133. The van der Waals surface area contributed by atoms with Gasteiger partial charge in [-0.05, 0) is 32.7 Å². The fourth-order valence-corrected chi connectivity index (χ4v) is 2.54. The van der Waals surface area contributed by atoms with Crippen LogP contribution in [0.3, 0.4) is 0 Å². The molecule has 1 aliphatic rings. The lowest BCUT2D eigenvalue weighted by molar-refractivity contribution is 0.0123. The molecule has 0 aromatic rings. The van der Waals surface area contributed by atoms with Gasteiger partial charge in [0, 0.05) is 6.54 Å². The molecule has 5 heteroatoms. The Bertz CT molecular complexity index is 300. The Kier molecular flexibility index (Phi) is 5.21. The molecule has 4 nitrogen and oxygen atoms in total. The molecule has 1 fully saturated rings. The molecule has 0 saturated carbocycles. The normalized spacial score (nSPS) is 27.2. The van der Waals surface area contributed by atoms with Gasteiger partial charge in [-0.1, -0.05) is 6.92 Å². The molecule has 1 N–H and O–H groups in total. The molecule has 0 aromatic carbocycles. The van der Waals surface area contributed by atoms with Crippen molar-refractivity contribution in [3.63, 3.8) is 0 Å². The van der Waals surface area contributed by atoms with Crippen molar-refractivity contribution >= 4 is 9.84 Å². The Balaban J connectivity index is 2.30. The molecule has 96 valence electrons. The minimum atomic E-state index is -2.96. The van der Waals surface area contributed by atoms with Crippen molar-refractivity contribution in [3.05, 3.63) is 0 Å². The second kappa shape index (κ2) is 5.98. The molecule has 1 saturated heterocycles. The van der Waals surface area contributed by atoms with Gasteiger partial charge in [-0.25, -0.2) is 8.42 Å². The van der Waals surface area contributed by atoms with E-state index in [-0.39, 0.29) is 17.1 Å².